The fourth-order valence-electron chi connectivity index (χ4n) is 1.52. The van der Waals surface area contributed by atoms with Crippen LogP contribution in [0.2, 0.25) is 5.15 Å². The van der Waals surface area contributed by atoms with Crippen molar-refractivity contribution in [3.8, 4) is 11.6 Å². The summed E-state index contributed by atoms with van der Waals surface area (Å²) in [6.45, 7) is 1.86. The molecule has 0 spiro atoms. The Labute approximate surface area is 107 Å². The average molecular weight is 262 g/mol. The van der Waals surface area contributed by atoms with Gasteiger partial charge in [-0.15, -0.1) is 0 Å². The molecule has 0 radical (unpaired) electrons. The molecule has 0 saturated carbocycles. The molecule has 0 fully saturated rings. The molecule has 90 valence electrons. The van der Waals surface area contributed by atoms with Gasteiger partial charge in [-0.1, -0.05) is 11.6 Å². The second kappa shape index (κ2) is 4.23. The van der Waals surface area contributed by atoms with Gasteiger partial charge in [0.1, 0.15) is 11.5 Å². The summed E-state index contributed by atoms with van der Waals surface area (Å²) in [5, 5.41) is 4.32. The smallest absolute Gasteiger partial charge is 0.256 e. The molecule has 7 heteroatoms. The van der Waals surface area contributed by atoms with Crippen LogP contribution >= 0.6 is 11.6 Å². The van der Waals surface area contributed by atoms with Crippen LogP contribution in [-0.2, 0) is 0 Å². The molecule has 0 N–H and O–H groups in total. The molecule has 3 aromatic rings. The summed E-state index contributed by atoms with van der Waals surface area (Å²) in [5.41, 5.74) is 0.777. The van der Waals surface area contributed by atoms with Crippen LogP contribution < -0.4 is 4.74 Å². The molecule has 0 aliphatic rings. The van der Waals surface area contributed by atoms with Crippen molar-refractivity contribution in [2.75, 3.05) is 0 Å². The summed E-state index contributed by atoms with van der Waals surface area (Å²) < 4.78 is 7.21. The van der Waals surface area contributed by atoms with Crippen LogP contribution in [-0.4, -0.2) is 24.6 Å². The highest BCUT2D eigenvalue weighted by Crippen LogP contribution is 2.24. The molecule has 0 atom stereocenters. The molecule has 3 rings (SSSR count). The molecule has 0 aliphatic heterocycles. The number of rotatable bonds is 2. The third kappa shape index (κ3) is 1.86. The van der Waals surface area contributed by atoms with E-state index in [-0.39, 0.29) is 0 Å². The Morgan fingerprint density at radius 2 is 2.22 bits per heavy atom. The first-order chi connectivity index (χ1) is 8.74. The van der Waals surface area contributed by atoms with Crippen molar-refractivity contribution >= 4 is 17.4 Å². The van der Waals surface area contributed by atoms with Crippen molar-refractivity contribution in [3.05, 3.63) is 41.6 Å². The Kier molecular flexibility index (Phi) is 2.56. The van der Waals surface area contributed by atoms with Crippen molar-refractivity contribution in [1.29, 1.82) is 0 Å². The van der Waals surface area contributed by atoms with Gasteiger partial charge in [-0.3, -0.25) is 4.98 Å². The summed E-state index contributed by atoms with van der Waals surface area (Å²) >= 11 is 5.90. The van der Waals surface area contributed by atoms with Gasteiger partial charge in [0.2, 0.25) is 5.88 Å². The number of hydrogen-bond donors (Lipinski definition) is 0. The van der Waals surface area contributed by atoms with E-state index < -0.39 is 0 Å². The van der Waals surface area contributed by atoms with Crippen LogP contribution in [0.25, 0.3) is 5.78 Å². The lowest BCUT2D eigenvalue weighted by atomic mass is 10.3. The van der Waals surface area contributed by atoms with Gasteiger partial charge in [0, 0.05) is 12.3 Å². The van der Waals surface area contributed by atoms with Gasteiger partial charge in [0.25, 0.3) is 5.78 Å². The number of nitrogens with zero attached hydrogens (tertiary/aromatic N) is 5. The largest absolute Gasteiger partial charge is 0.437 e. The van der Waals surface area contributed by atoms with Crippen molar-refractivity contribution in [2.45, 2.75) is 6.92 Å². The zero-order valence-electron chi connectivity index (χ0n) is 9.41. The summed E-state index contributed by atoms with van der Waals surface area (Å²) in [5.74, 6) is 1.47. The lowest BCUT2D eigenvalue weighted by molar-refractivity contribution is 0.440. The summed E-state index contributed by atoms with van der Waals surface area (Å²) in [4.78, 5) is 12.1. The Morgan fingerprint density at radius 3 is 3.06 bits per heavy atom. The van der Waals surface area contributed by atoms with E-state index in [1.165, 1.54) is 10.8 Å². The van der Waals surface area contributed by atoms with Crippen LogP contribution in [0.3, 0.4) is 0 Å². The lowest BCUT2D eigenvalue weighted by Gasteiger charge is -2.08. The summed E-state index contributed by atoms with van der Waals surface area (Å²) in [6, 6.07) is 5.19. The van der Waals surface area contributed by atoms with Gasteiger partial charge < -0.3 is 4.74 Å². The van der Waals surface area contributed by atoms with E-state index in [1.54, 1.807) is 18.3 Å². The van der Waals surface area contributed by atoms with Gasteiger partial charge >= 0.3 is 0 Å². The van der Waals surface area contributed by atoms with E-state index in [2.05, 4.69) is 20.1 Å². The number of ether oxygens (including phenoxy) is 1. The predicted octanol–water partition coefficient (Wildman–Crippen LogP) is 2.27. The van der Waals surface area contributed by atoms with Gasteiger partial charge in [0.15, 0.2) is 5.75 Å². The van der Waals surface area contributed by atoms with E-state index in [0.29, 0.717) is 22.6 Å². The van der Waals surface area contributed by atoms with E-state index in [9.17, 15) is 0 Å². The maximum atomic E-state index is 5.90. The molecular weight excluding hydrogens is 254 g/mol. The highest BCUT2D eigenvalue weighted by atomic mass is 35.5. The third-order valence-corrected chi connectivity index (χ3v) is 2.55. The molecule has 0 bridgehead atoms. The fourth-order valence-corrected chi connectivity index (χ4v) is 1.69. The predicted molar refractivity (Wildman–Crippen MR) is 64.8 cm³/mol. The molecule has 0 amide bonds. The van der Waals surface area contributed by atoms with Crippen molar-refractivity contribution in [3.63, 3.8) is 0 Å². The molecule has 0 saturated heterocycles. The molecule has 3 aromatic heterocycles. The SMILES string of the molecule is Cc1ncccc1Oc1cc(Cl)nc2ncnn12. The van der Waals surface area contributed by atoms with Crippen LogP contribution in [0.5, 0.6) is 11.6 Å². The van der Waals surface area contributed by atoms with Crippen LogP contribution in [0.4, 0.5) is 0 Å². The zero-order chi connectivity index (χ0) is 12.5. The first-order valence-electron chi connectivity index (χ1n) is 5.20. The van der Waals surface area contributed by atoms with E-state index in [4.69, 9.17) is 16.3 Å². The van der Waals surface area contributed by atoms with Crippen LogP contribution in [0, 0.1) is 6.92 Å². The van der Waals surface area contributed by atoms with Crippen LogP contribution in [0.1, 0.15) is 5.69 Å². The molecule has 18 heavy (non-hydrogen) atoms. The van der Waals surface area contributed by atoms with Gasteiger partial charge in [-0.25, -0.2) is 0 Å². The number of halogens is 1. The molecule has 0 aromatic carbocycles. The number of hydrogen-bond acceptors (Lipinski definition) is 5. The number of pyridine rings is 1. The van der Waals surface area contributed by atoms with Crippen molar-refractivity contribution in [2.24, 2.45) is 0 Å². The summed E-state index contributed by atoms with van der Waals surface area (Å²) in [6.07, 6.45) is 3.09. The molecule has 3 heterocycles. The van der Waals surface area contributed by atoms with E-state index >= 15 is 0 Å². The third-order valence-electron chi connectivity index (χ3n) is 2.36. The summed E-state index contributed by atoms with van der Waals surface area (Å²) in [7, 11) is 0. The minimum atomic E-state index is 0.298. The van der Waals surface area contributed by atoms with Gasteiger partial charge in [-0.05, 0) is 19.1 Å². The number of aromatic nitrogens is 5. The molecular formula is C11H8ClN5O. The monoisotopic (exact) mass is 261 g/mol. The zero-order valence-corrected chi connectivity index (χ0v) is 10.2. The Balaban J connectivity index is 2.10. The average Bonchev–Trinajstić information content (AvgIpc) is 2.80. The highest BCUT2D eigenvalue weighted by molar-refractivity contribution is 6.29. The minimum Gasteiger partial charge on any atom is -0.437 e. The highest BCUT2D eigenvalue weighted by Gasteiger charge is 2.09. The molecule has 6 nitrogen and oxygen atoms in total. The first kappa shape index (κ1) is 10.9. The molecule has 0 unspecified atom stereocenters. The minimum absolute atomic E-state index is 0.298. The maximum Gasteiger partial charge on any atom is 0.256 e. The number of aryl methyl sites for hydroxylation is 1. The Bertz CT molecular complexity index is 711. The molecule has 0 aliphatic carbocycles. The first-order valence-corrected chi connectivity index (χ1v) is 5.57. The lowest BCUT2D eigenvalue weighted by Crippen LogP contribution is -1.99. The normalized spacial score (nSPS) is 10.8. The topological polar surface area (TPSA) is 65.2 Å². The van der Waals surface area contributed by atoms with Gasteiger partial charge in [0.05, 0.1) is 5.69 Å². The Morgan fingerprint density at radius 1 is 1.33 bits per heavy atom. The van der Waals surface area contributed by atoms with Gasteiger partial charge in [-0.2, -0.15) is 19.6 Å². The number of fused-ring (bicyclic) bond motifs is 1. The van der Waals surface area contributed by atoms with Crippen molar-refractivity contribution < 1.29 is 4.74 Å². The van der Waals surface area contributed by atoms with Crippen molar-refractivity contribution in [1.82, 2.24) is 24.6 Å². The second-order valence-corrected chi connectivity index (χ2v) is 3.97. The van der Waals surface area contributed by atoms with E-state index in [1.807, 2.05) is 13.0 Å². The fraction of sp³-hybridized carbons (Fsp3) is 0.0909. The quantitative estimate of drug-likeness (QED) is 0.662. The standard InChI is InChI=1S/C11H8ClN5O/c1-7-8(3-2-4-13-7)18-10-5-9(12)16-11-14-6-15-17(10)11/h2-6H,1H3. The Hall–Kier alpha value is -2.21. The second-order valence-electron chi connectivity index (χ2n) is 3.58. The maximum absolute atomic E-state index is 5.90. The van der Waals surface area contributed by atoms with E-state index in [0.717, 1.165) is 5.69 Å². The van der Waals surface area contributed by atoms with Crippen LogP contribution in [0.15, 0.2) is 30.7 Å².